The van der Waals surface area contributed by atoms with Gasteiger partial charge in [-0.05, 0) is 0 Å². The molecule has 0 radical (unpaired) electrons. The Morgan fingerprint density at radius 1 is 1.00 bits per heavy atom. The van der Waals surface area contributed by atoms with Crippen molar-refractivity contribution in [3.8, 4) is 0 Å². The molecule has 0 aromatic heterocycles. The van der Waals surface area contributed by atoms with Crippen molar-refractivity contribution in [3.05, 3.63) is 0 Å². The smallest absolute Gasteiger partial charge is 0.111 e. The molecule has 0 bridgehead atoms. The Morgan fingerprint density at radius 3 is 1.85 bits per heavy atom. The van der Waals surface area contributed by atoms with Gasteiger partial charge in [0.2, 0.25) is 0 Å². The van der Waals surface area contributed by atoms with E-state index in [2.05, 4.69) is 5.43 Å². The number of aliphatic hydroxyl groups excluding tert-OH is 5. The van der Waals surface area contributed by atoms with Gasteiger partial charge in [-0.3, -0.25) is 11.3 Å². The number of hydrogen-bond donors (Lipinski definition) is 7. The van der Waals surface area contributed by atoms with Gasteiger partial charge in [0, 0.05) is 6.54 Å². The Kier molecular flexibility index (Phi) is 6.08. The highest BCUT2D eigenvalue weighted by Gasteiger charge is 2.29. The van der Waals surface area contributed by atoms with Crippen molar-refractivity contribution in [2.24, 2.45) is 5.84 Å². The number of hydrazine groups is 1. The van der Waals surface area contributed by atoms with Crippen LogP contribution in [0.25, 0.3) is 0 Å². The molecule has 0 aliphatic heterocycles. The molecule has 0 saturated heterocycles. The molecular formula is C6H16N2O5. The summed E-state index contributed by atoms with van der Waals surface area (Å²) in [4.78, 5) is 0. The SMILES string of the molecule is NNC[C@H](O)[C@@H](O)[C@@H](O)[C@H](O)CO. The van der Waals surface area contributed by atoms with Crippen LogP contribution in [0, 0.1) is 0 Å². The first-order valence-electron chi connectivity index (χ1n) is 3.81. The summed E-state index contributed by atoms with van der Waals surface area (Å²) in [5.74, 6) is 4.86. The van der Waals surface area contributed by atoms with Gasteiger partial charge in [0.05, 0.1) is 12.7 Å². The summed E-state index contributed by atoms with van der Waals surface area (Å²) in [5, 5.41) is 44.6. The lowest BCUT2D eigenvalue weighted by Crippen LogP contribution is -2.49. The van der Waals surface area contributed by atoms with Crippen LogP contribution < -0.4 is 11.3 Å². The normalized spacial score (nSPS) is 20.8. The van der Waals surface area contributed by atoms with Crippen molar-refractivity contribution in [3.63, 3.8) is 0 Å². The highest BCUT2D eigenvalue weighted by atomic mass is 16.4. The molecule has 0 amide bonds. The lowest BCUT2D eigenvalue weighted by molar-refractivity contribution is -0.113. The minimum absolute atomic E-state index is 0.129. The number of hydrogen-bond acceptors (Lipinski definition) is 7. The second kappa shape index (κ2) is 6.22. The quantitative estimate of drug-likeness (QED) is 0.169. The highest BCUT2D eigenvalue weighted by molar-refractivity contribution is 4.80. The van der Waals surface area contributed by atoms with Crippen molar-refractivity contribution >= 4 is 0 Å². The fraction of sp³-hybridized carbons (Fsp3) is 1.00. The average Bonchev–Trinajstić information content (AvgIpc) is 2.14. The van der Waals surface area contributed by atoms with E-state index in [1.807, 2.05) is 0 Å². The van der Waals surface area contributed by atoms with E-state index in [9.17, 15) is 0 Å². The molecule has 7 heteroatoms. The summed E-state index contributed by atoms with van der Waals surface area (Å²) in [6, 6.07) is 0. The number of nitrogens with two attached hydrogens (primary N) is 1. The van der Waals surface area contributed by atoms with Crippen LogP contribution in [0.15, 0.2) is 0 Å². The first-order valence-corrected chi connectivity index (χ1v) is 3.81. The molecule has 0 aromatic carbocycles. The van der Waals surface area contributed by atoms with Crippen LogP contribution in [0.1, 0.15) is 0 Å². The van der Waals surface area contributed by atoms with Gasteiger partial charge in [0.25, 0.3) is 0 Å². The molecular weight excluding hydrogens is 180 g/mol. The second-order valence-electron chi connectivity index (χ2n) is 2.71. The van der Waals surface area contributed by atoms with Crippen molar-refractivity contribution in [2.75, 3.05) is 13.2 Å². The van der Waals surface area contributed by atoms with Gasteiger partial charge in [0.15, 0.2) is 0 Å². The minimum Gasteiger partial charge on any atom is -0.394 e. The summed E-state index contributed by atoms with van der Waals surface area (Å²) in [7, 11) is 0. The van der Waals surface area contributed by atoms with Crippen LogP contribution in [0.5, 0.6) is 0 Å². The third-order valence-corrected chi connectivity index (χ3v) is 1.65. The van der Waals surface area contributed by atoms with Gasteiger partial charge in [-0.15, -0.1) is 0 Å². The zero-order valence-corrected chi connectivity index (χ0v) is 7.04. The van der Waals surface area contributed by atoms with Crippen LogP contribution in [0.4, 0.5) is 0 Å². The molecule has 0 aromatic rings. The van der Waals surface area contributed by atoms with Gasteiger partial charge >= 0.3 is 0 Å². The van der Waals surface area contributed by atoms with Crippen LogP contribution in [0.2, 0.25) is 0 Å². The Bertz CT molecular complexity index is 136. The molecule has 13 heavy (non-hydrogen) atoms. The maximum Gasteiger partial charge on any atom is 0.111 e. The summed E-state index contributed by atoms with van der Waals surface area (Å²) < 4.78 is 0. The van der Waals surface area contributed by atoms with E-state index in [0.717, 1.165) is 0 Å². The topological polar surface area (TPSA) is 139 Å². The van der Waals surface area contributed by atoms with Gasteiger partial charge in [-0.2, -0.15) is 0 Å². The van der Waals surface area contributed by atoms with E-state index in [4.69, 9.17) is 31.4 Å². The zero-order chi connectivity index (χ0) is 10.4. The van der Waals surface area contributed by atoms with E-state index < -0.39 is 31.0 Å². The third kappa shape index (κ3) is 3.96. The molecule has 0 fully saturated rings. The largest absolute Gasteiger partial charge is 0.394 e. The summed E-state index contributed by atoms with van der Waals surface area (Å²) in [5.41, 5.74) is 2.09. The van der Waals surface area contributed by atoms with E-state index >= 15 is 0 Å². The molecule has 0 saturated carbocycles. The van der Waals surface area contributed by atoms with Gasteiger partial charge in [-0.25, -0.2) is 0 Å². The fourth-order valence-corrected chi connectivity index (χ4v) is 0.805. The van der Waals surface area contributed by atoms with Crippen LogP contribution >= 0.6 is 0 Å². The highest BCUT2D eigenvalue weighted by Crippen LogP contribution is 2.03. The molecule has 80 valence electrons. The molecule has 0 aliphatic carbocycles. The van der Waals surface area contributed by atoms with Crippen molar-refractivity contribution < 1.29 is 25.5 Å². The third-order valence-electron chi connectivity index (χ3n) is 1.65. The molecule has 0 unspecified atom stereocenters. The summed E-state index contributed by atoms with van der Waals surface area (Å²) in [6.45, 7) is -0.822. The van der Waals surface area contributed by atoms with Crippen molar-refractivity contribution in [1.82, 2.24) is 5.43 Å². The maximum atomic E-state index is 9.15. The molecule has 0 heterocycles. The predicted octanol–water partition coefficient (Wildman–Crippen LogP) is -4.11. The minimum atomic E-state index is -1.60. The summed E-state index contributed by atoms with van der Waals surface area (Å²) >= 11 is 0. The van der Waals surface area contributed by atoms with Crippen LogP contribution in [0.3, 0.4) is 0 Å². The lowest BCUT2D eigenvalue weighted by Gasteiger charge is -2.25. The first-order chi connectivity index (χ1) is 6.04. The van der Waals surface area contributed by atoms with E-state index in [0.29, 0.717) is 0 Å². The average molecular weight is 196 g/mol. The number of rotatable bonds is 6. The maximum absolute atomic E-state index is 9.15. The lowest BCUT2D eigenvalue weighted by atomic mass is 10.0. The van der Waals surface area contributed by atoms with E-state index in [1.54, 1.807) is 0 Å². The molecule has 7 nitrogen and oxygen atoms in total. The van der Waals surface area contributed by atoms with Crippen LogP contribution in [-0.2, 0) is 0 Å². The van der Waals surface area contributed by atoms with Gasteiger partial charge in [-0.1, -0.05) is 0 Å². The Labute approximate surface area is 75.4 Å². The predicted molar refractivity (Wildman–Crippen MR) is 43.3 cm³/mol. The molecule has 0 aliphatic rings. The Hall–Kier alpha value is -0.280. The Balaban J connectivity index is 3.99. The number of nitrogens with one attached hydrogen (secondary N) is 1. The van der Waals surface area contributed by atoms with Gasteiger partial charge in [0.1, 0.15) is 18.3 Å². The van der Waals surface area contributed by atoms with Crippen molar-refractivity contribution in [2.45, 2.75) is 24.4 Å². The summed E-state index contributed by atoms with van der Waals surface area (Å²) in [6.07, 6.45) is -5.95. The van der Waals surface area contributed by atoms with Crippen molar-refractivity contribution in [1.29, 1.82) is 0 Å². The van der Waals surface area contributed by atoms with E-state index in [-0.39, 0.29) is 6.54 Å². The second-order valence-corrected chi connectivity index (χ2v) is 2.71. The molecule has 4 atom stereocenters. The standard InChI is InChI=1S/C6H16N2O5/c7-8-1-3(10)5(12)6(13)4(11)2-9/h3-6,8-13H,1-2,7H2/t3-,4+,5+,6-/m0/s1. The van der Waals surface area contributed by atoms with Gasteiger partial charge < -0.3 is 25.5 Å². The molecule has 0 spiro atoms. The Morgan fingerprint density at radius 2 is 1.46 bits per heavy atom. The van der Waals surface area contributed by atoms with Crippen LogP contribution in [-0.4, -0.2) is 63.1 Å². The van der Waals surface area contributed by atoms with E-state index in [1.165, 1.54) is 0 Å². The zero-order valence-electron chi connectivity index (χ0n) is 7.04. The monoisotopic (exact) mass is 196 g/mol. The molecule has 0 rings (SSSR count). The number of aliphatic hydroxyl groups is 5. The first kappa shape index (κ1) is 12.7. The fourth-order valence-electron chi connectivity index (χ4n) is 0.805. The molecule has 8 N–H and O–H groups in total.